The number of carbonyl (C=O) groups is 1. The van der Waals surface area contributed by atoms with E-state index in [2.05, 4.69) is 11.9 Å². The SMILES string of the molecule is C=CCC1C2CC3CC(C2)CC1(NC=O)C3. The number of rotatable bonds is 4. The van der Waals surface area contributed by atoms with Gasteiger partial charge in [-0.05, 0) is 62.2 Å². The van der Waals surface area contributed by atoms with Crippen LogP contribution in [0.1, 0.15) is 38.5 Å². The van der Waals surface area contributed by atoms with Gasteiger partial charge >= 0.3 is 0 Å². The largest absolute Gasteiger partial charge is 0.353 e. The van der Waals surface area contributed by atoms with E-state index in [9.17, 15) is 4.79 Å². The molecule has 0 aliphatic heterocycles. The van der Waals surface area contributed by atoms with Crippen LogP contribution in [-0.4, -0.2) is 11.9 Å². The number of allylic oxidation sites excluding steroid dienone is 1. The Hall–Kier alpha value is -0.790. The zero-order chi connectivity index (χ0) is 11.2. The van der Waals surface area contributed by atoms with Gasteiger partial charge in [-0.3, -0.25) is 4.79 Å². The van der Waals surface area contributed by atoms with Crippen LogP contribution in [0.2, 0.25) is 0 Å². The molecule has 4 saturated carbocycles. The van der Waals surface area contributed by atoms with Crippen molar-refractivity contribution in [3.63, 3.8) is 0 Å². The maximum atomic E-state index is 10.9. The highest BCUT2D eigenvalue weighted by atomic mass is 16.1. The van der Waals surface area contributed by atoms with Crippen molar-refractivity contribution in [2.24, 2.45) is 23.7 Å². The summed E-state index contributed by atoms with van der Waals surface area (Å²) in [4.78, 5) is 10.9. The van der Waals surface area contributed by atoms with Gasteiger partial charge in [0.05, 0.1) is 0 Å². The molecule has 0 aromatic carbocycles. The zero-order valence-electron chi connectivity index (χ0n) is 9.82. The maximum Gasteiger partial charge on any atom is 0.207 e. The van der Waals surface area contributed by atoms with Gasteiger partial charge < -0.3 is 5.32 Å². The van der Waals surface area contributed by atoms with E-state index in [-0.39, 0.29) is 5.54 Å². The standard InChI is InChI=1S/C14H21NO/c1-2-3-13-12-5-10-4-11(6-12)8-14(13,7-10)15-9-16/h2,9-13H,1,3-8H2,(H,15,16). The Labute approximate surface area is 97.5 Å². The summed E-state index contributed by atoms with van der Waals surface area (Å²) in [7, 11) is 0. The highest BCUT2D eigenvalue weighted by Gasteiger charge is 2.56. The Balaban J connectivity index is 1.91. The van der Waals surface area contributed by atoms with E-state index >= 15 is 0 Å². The third-order valence-corrected chi connectivity index (χ3v) is 5.29. The summed E-state index contributed by atoms with van der Waals surface area (Å²) in [5.74, 6) is 3.26. The molecule has 3 atom stereocenters. The first-order valence-electron chi connectivity index (χ1n) is 6.59. The molecule has 4 rings (SSSR count). The highest BCUT2D eigenvalue weighted by Crippen LogP contribution is 2.59. The first-order valence-corrected chi connectivity index (χ1v) is 6.59. The summed E-state index contributed by atoms with van der Waals surface area (Å²) in [5, 5.41) is 3.20. The van der Waals surface area contributed by atoms with Crippen LogP contribution in [0.3, 0.4) is 0 Å². The van der Waals surface area contributed by atoms with Crippen molar-refractivity contribution >= 4 is 6.41 Å². The maximum absolute atomic E-state index is 10.9. The van der Waals surface area contributed by atoms with Crippen molar-refractivity contribution in [2.75, 3.05) is 0 Å². The van der Waals surface area contributed by atoms with Gasteiger partial charge in [-0.25, -0.2) is 0 Å². The smallest absolute Gasteiger partial charge is 0.207 e. The molecule has 1 amide bonds. The molecule has 4 fully saturated rings. The summed E-state index contributed by atoms with van der Waals surface area (Å²) in [5.41, 5.74) is 0.130. The lowest BCUT2D eigenvalue weighted by Gasteiger charge is -2.61. The van der Waals surface area contributed by atoms with Crippen LogP contribution in [0.25, 0.3) is 0 Å². The summed E-state index contributed by atoms with van der Waals surface area (Å²) in [6, 6.07) is 0. The van der Waals surface area contributed by atoms with Gasteiger partial charge in [0.25, 0.3) is 0 Å². The lowest BCUT2D eigenvalue weighted by Crippen LogP contribution is -2.63. The fraction of sp³-hybridized carbons (Fsp3) is 0.786. The minimum Gasteiger partial charge on any atom is -0.353 e. The molecule has 0 heterocycles. The van der Waals surface area contributed by atoms with Crippen LogP contribution in [-0.2, 0) is 4.79 Å². The third-order valence-electron chi connectivity index (χ3n) is 5.29. The van der Waals surface area contributed by atoms with Gasteiger partial charge in [0, 0.05) is 5.54 Å². The van der Waals surface area contributed by atoms with E-state index in [0.29, 0.717) is 5.92 Å². The molecule has 0 saturated heterocycles. The lowest BCUT2D eigenvalue weighted by atomic mass is 9.48. The molecule has 0 aromatic heterocycles. The first-order chi connectivity index (χ1) is 7.77. The van der Waals surface area contributed by atoms with Crippen molar-refractivity contribution in [2.45, 2.75) is 44.1 Å². The van der Waals surface area contributed by atoms with Gasteiger partial charge in [-0.2, -0.15) is 0 Å². The molecule has 16 heavy (non-hydrogen) atoms. The average Bonchev–Trinajstić information content (AvgIpc) is 2.23. The fourth-order valence-electron chi connectivity index (χ4n) is 5.09. The van der Waals surface area contributed by atoms with E-state index in [0.717, 1.165) is 30.6 Å². The fourth-order valence-corrected chi connectivity index (χ4v) is 5.09. The molecule has 2 nitrogen and oxygen atoms in total. The van der Waals surface area contributed by atoms with Crippen LogP contribution >= 0.6 is 0 Å². The first kappa shape index (κ1) is 10.4. The number of nitrogens with one attached hydrogen (secondary N) is 1. The van der Waals surface area contributed by atoms with Gasteiger partial charge in [0.2, 0.25) is 6.41 Å². The van der Waals surface area contributed by atoms with Crippen molar-refractivity contribution in [3.05, 3.63) is 12.7 Å². The third kappa shape index (κ3) is 1.35. The Morgan fingerprint density at radius 3 is 2.50 bits per heavy atom. The number of hydrogen-bond acceptors (Lipinski definition) is 1. The highest BCUT2D eigenvalue weighted by molar-refractivity contribution is 5.48. The van der Waals surface area contributed by atoms with Crippen molar-refractivity contribution in [1.29, 1.82) is 0 Å². The minimum atomic E-state index is 0.130. The number of hydrogen-bond donors (Lipinski definition) is 1. The summed E-state index contributed by atoms with van der Waals surface area (Å²) in [6.07, 6.45) is 10.7. The van der Waals surface area contributed by atoms with Crippen molar-refractivity contribution in [3.8, 4) is 0 Å². The predicted octanol–water partition coefficient (Wildman–Crippen LogP) is 2.50. The Kier molecular flexibility index (Phi) is 2.34. The second-order valence-electron chi connectivity index (χ2n) is 6.16. The normalized spacial score (nSPS) is 49.0. The molecule has 88 valence electrons. The molecule has 4 aliphatic rings. The van der Waals surface area contributed by atoms with E-state index in [4.69, 9.17) is 0 Å². The molecule has 4 bridgehead atoms. The molecule has 3 unspecified atom stereocenters. The second kappa shape index (κ2) is 3.61. The Bertz CT molecular complexity index is 298. The van der Waals surface area contributed by atoms with Gasteiger partial charge in [-0.1, -0.05) is 6.08 Å². The Morgan fingerprint density at radius 2 is 1.94 bits per heavy atom. The topological polar surface area (TPSA) is 29.1 Å². The van der Waals surface area contributed by atoms with Crippen LogP contribution in [0.5, 0.6) is 0 Å². The molecule has 4 aliphatic carbocycles. The van der Waals surface area contributed by atoms with Crippen molar-refractivity contribution in [1.82, 2.24) is 5.32 Å². The summed E-state index contributed by atoms with van der Waals surface area (Å²) < 4.78 is 0. The van der Waals surface area contributed by atoms with Crippen LogP contribution in [0.15, 0.2) is 12.7 Å². The van der Waals surface area contributed by atoms with E-state index in [1.807, 2.05) is 6.08 Å². The number of amides is 1. The van der Waals surface area contributed by atoms with Crippen LogP contribution in [0.4, 0.5) is 0 Å². The Morgan fingerprint density at radius 1 is 1.25 bits per heavy atom. The lowest BCUT2D eigenvalue weighted by molar-refractivity contribution is -0.120. The zero-order valence-corrected chi connectivity index (χ0v) is 9.82. The van der Waals surface area contributed by atoms with Crippen molar-refractivity contribution < 1.29 is 4.79 Å². The van der Waals surface area contributed by atoms with Gasteiger partial charge in [0.15, 0.2) is 0 Å². The van der Waals surface area contributed by atoms with Crippen LogP contribution in [0, 0.1) is 23.7 Å². The number of carbonyl (C=O) groups excluding carboxylic acids is 1. The van der Waals surface area contributed by atoms with E-state index in [1.165, 1.54) is 32.1 Å². The molecule has 2 heteroatoms. The summed E-state index contributed by atoms with van der Waals surface area (Å²) in [6.45, 7) is 3.89. The predicted molar refractivity (Wildman–Crippen MR) is 63.8 cm³/mol. The molecule has 1 N–H and O–H groups in total. The van der Waals surface area contributed by atoms with Crippen LogP contribution < -0.4 is 5.32 Å². The quantitative estimate of drug-likeness (QED) is 0.571. The monoisotopic (exact) mass is 219 g/mol. The minimum absolute atomic E-state index is 0.130. The summed E-state index contributed by atoms with van der Waals surface area (Å²) >= 11 is 0. The van der Waals surface area contributed by atoms with E-state index < -0.39 is 0 Å². The van der Waals surface area contributed by atoms with Gasteiger partial charge in [-0.15, -0.1) is 6.58 Å². The molecular formula is C14H21NO. The van der Waals surface area contributed by atoms with Gasteiger partial charge in [0.1, 0.15) is 0 Å². The van der Waals surface area contributed by atoms with E-state index in [1.54, 1.807) is 0 Å². The molecule has 0 spiro atoms. The molecule has 0 aromatic rings. The molecular weight excluding hydrogens is 198 g/mol. The second-order valence-corrected chi connectivity index (χ2v) is 6.16. The molecule has 0 radical (unpaired) electrons. The average molecular weight is 219 g/mol.